The minimum Gasteiger partial charge on any atom is -0.375 e. The number of halogens is 1. The number of fused-ring (bicyclic) bond motifs is 1. The summed E-state index contributed by atoms with van der Waals surface area (Å²) in [5.74, 6) is 0. The number of pyridine rings is 1. The van der Waals surface area contributed by atoms with Gasteiger partial charge >= 0.3 is 0 Å². The van der Waals surface area contributed by atoms with E-state index in [4.69, 9.17) is 5.73 Å². The van der Waals surface area contributed by atoms with Gasteiger partial charge in [0, 0.05) is 10.8 Å². The summed E-state index contributed by atoms with van der Waals surface area (Å²) in [5, 5.41) is 3.63. The maximum Gasteiger partial charge on any atom is 0.180 e. The van der Waals surface area contributed by atoms with Crippen molar-refractivity contribution in [2.75, 3.05) is 5.73 Å². The van der Waals surface area contributed by atoms with Crippen molar-refractivity contribution in [1.82, 2.24) is 9.97 Å². The van der Waals surface area contributed by atoms with Gasteiger partial charge in [0.15, 0.2) is 5.13 Å². The molecule has 0 saturated heterocycles. The van der Waals surface area contributed by atoms with Gasteiger partial charge in [0.05, 0.1) is 11.2 Å². The fraction of sp³-hybridized carbons (Fsp3) is 0. The number of nitrogen functional groups attached to an aromatic ring is 1. The molecule has 1 aromatic carbocycles. The van der Waals surface area contributed by atoms with E-state index in [0.717, 1.165) is 22.3 Å². The van der Waals surface area contributed by atoms with Crippen LogP contribution in [0.3, 0.4) is 0 Å². The van der Waals surface area contributed by atoms with Crippen molar-refractivity contribution in [2.24, 2.45) is 0 Å². The maximum absolute atomic E-state index is 5.61. The Morgan fingerprint density at radius 1 is 0.941 bits per heavy atom. The summed E-state index contributed by atoms with van der Waals surface area (Å²) in [6, 6.07) is 12.0. The second-order valence-electron chi connectivity index (χ2n) is 3.46. The van der Waals surface area contributed by atoms with E-state index in [2.05, 4.69) is 9.97 Å². The molecule has 17 heavy (non-hydrogen) atoms. The van der Waals surface area contributed by atoms with Crippen LogP contribution in [-0.2, 0) is 0 Å². The summed E-state index contributed by atoms with van der Waals surface area (Å²) >= 11 is 1.43. The number of hydrogen-bond donors (Lipinski definition) is 1. The van der Waals surface area contributed by atoms with E-state index in [1.807, 2.05) is 41.8 Å². The van der Waals surface area contributed by atoms with Crippen LogP contribution >= 0.6 is 28.3 Å². The van der Waals surface area contributed by atoms with Gasteiger partial charge in [0.25, 0.3) is 0 Å². The lowest BCUT2D eigenvalue weighted by molar-refractivity contribution is 1.33. The van der Waals surface area contributed by atoms with Crippen LogP contribution in [-0.4, -0.2) is 9.97 Å². The average molecular weight is 308 g/mol. The average Bonchev–Trinajstić information content (AvgIpc) is 2.75. The predicted molar refractivity (Wildman–Crippen MR) is 77.6 cm³/mol. The van der Waals surface area contributed by atoms with Crippen LogP contribution in [0.15, 0.2) is 41.8 Å². The Morgan fingerprint density at radius 3 is 2.53 bits per heavy atom. The van der Waals surface area contributed by atoms with Gasteiger partial charge in [-0.1, -0.05) is 24.3 Å². The normalized spacial score (nSPS) is 10.1. The Kier molecular flexibility index (Phi) is 3.40. The van der Waals surface area contributed by atoms with Gasteiger partial charge in [-0.3, -0.25) is 0 Å². The molecule has 3 nitrogen and oxygen atoms in total. The van der Waals surface area contributed by atoms with Crippen LogP contribution in [0.25, 0.3) is 22.3 Å². The highest BCUT2D eigenvalue weighted by Crippen LogP contribution is 2.23. The molecule has 86 valence electrons. The third-order valence-corrected chi connectivity index (χ3v) is 3.06. The standard InChI is InChI=1S/C12H9N3S.BrH/c13-12-15-11(7-16-12)10-6-5-8-3-1-2-4-9(8)14-10;/h1-7H,(H2,13,15);1H. The number of rotatable bonds is 1. The smallest absolute Gasteiger partial charge is 0.180 e. The van der Waals surface area contributed by atoms with Gasteiger partial charge in [-0.2, -0.15) is 0 Å². The highest BCUT2D eigenvalue weighted by molar-refractivity contribution is 8.93. The summed E-state index contributed by atoms with van der Waals surface area (Å²) in [6.07, 6.45) is 0. The van der Waals surface area contributed by atoms with Crippen molar-refractivity contribution in [3.8, 4) is 11.4 Å². The quantitative estimate of drug-likeness (QED) is 0.748. The minimum absolute atomic E-state index is 0. The van der Waals surface area contributed by atoms with E-state index in [-0.39, 0.29) is 17.0 Å². The van der Waals surface area contributed by atoms with Gasteiger partial charge in [-0.05, 0) is 12.1 Å². The number of benzene rings is 1. The fourth-order valence-electron chi connectivity index (χ4n) is 1.61. The first kappa shape index (κ1) is 12.0. The zero-order valence-corrected chi connectivity index (χ0v) is 11.4. The van der Waals surface area contributed by atoms with E-state index in [0.29, 0.717) is 5.13 Å². The molecule has 0 aliphatic heterocycles. The summed E-state index contributed by atoms with van der Waals surface area (Å²) in [4.78, 5) is 8.77. The summed E-state index contributed by atoms with van der Waals surface area (Å²) in [5.41, 5.74) is 8.29. The molecule has 0 radical (unpaired) electrons. The second kappa shape index (κ2) is 4.81. The first-order valence-electron chi connectivity index (χ1n) is 4.90. The molecule has 2 heterocycles. The highest BCUT2D eigenvalue weighted by Gasteiger charge is 2.04. The highest BCUT2D eigenvalue weighted by atomic mass is 79.9. The van der Waals surface area contributed by atoms with Gasteiger partial charge in [0.2, 0.25) is 0 Å². The molecule has 0 fully saturated rings. The maximum atomic E-state index is 5.61. The number of nitrogens with two attached hydrogens (primary N) is 1. The molecular formula is C12H10BrN3S. The van der Waals surface area contributed by atoms with Crippen molar-refractivity contribution in [1.29, 1.82) is 0 Å². The molecule has 5 heteroatoms. The summed E-state index contributed by atoms with van der Waals surface area (Å²) in [6.45, 7) is 0. The number of nitrogens with zero attached hydrogens (tertiary/aromatic N) is 2. The number of para-hydroxylation sites is 1. The Balaban J connectivity index is 0.00000108. The van der Waals surface area contributed by atoms with Crippen molar-refractivity contribution >= 4 is 44.4 Å². The Morgan fingerprint density at radius 2 is 1.76 bits per heavy atom. The molecule has 0 amide bonds. The van der Waals surface area contributed by atoms with Gasteiger partial charge < -0.3 is 5.73 Å². The fourth-order valence-corrected chi connectivity index (χ4v) is 2.17. The second-order valence-corrected chi connectivity index (χ2v) is 4.35. The molecule has 0 aliphatic carbocycles. The number of aromatic nitrogens is 2. The molecule has 0 aliphatic rings. The van der Waals surface area contributed by atoms with Crippen LogP contribution in [0.1, 0.15) is 0 Å². The first-order valence-corrected chi connectivity index (χ1v) is 5.78. The van der Waals surface area contributed by atoms with Crippen molar-refractivity contribution in [3.63, 3.8) is 0 Å². The third kappa shape index (κ3) is 2.30. The summed E-state index contributed by atoms with van der Waals surface area (Å²) in [7, 11) is 0. The van der Waals surface area contributed by atoms with Crippen LogP contribution in [0.2, 0.25) is 0 Å². The van der Waals surface area contributed by atoms with E-state index < -0.39 is 0 Å². The zero-order chi connectivity index (χ0) is 11.0. The van der Waals surface area contributed by atoms with Crippen molar-refractivity contribution < 1.29 is 0 Å². The molecule has 0 bridgehead atoms. The van der Waals surface area contributed by atoms with E-state index in [9.17, 15) is 0 Å². The number of anilines is 1. The van der Waals surface area contributed by atoms with Crippen LogP contribution in [0.5, 0.6) is 0 Å². The monoisotopic (exact) mass is 307 g/mol. The molecule has 0 atom stereocenters. The van der Waals surface area contributed by atoms with Crippen molar-refractivity contribution in [3.05, 3.63) is 41.8 Å². The lowest BCUT2D eigenvalue weighted by Crippen LogP contribution is -1.86. The topological polar surface area (TPSA) is 51.8 Å². The Labute approximate surface area is 113 Å². The predicted octanol–water partition coefficient (Wildman–Crippen LogP) is 3.52. The van der Waals surface area contributed by atoms with Crippen LogP contribution in [0, 0.1) is 0 Å². The van der Waals surface area contributed by atoms with E-state index >= 15 is 0 Å². The molecule has 2 aromatic heterocycles. The largest absolute Gasteiger partial charge is 0.375 e. The van der Waals surface area contributed by atoms with Crippen molar-refractivity contribution in [2.45, 2.75) is 0 Å². The molecule has 0 saturated carbocycles. The zero-order valence-electron chi connectivity index (χ0n) is 8.83. The molecule has 0 unspecified atom stereocenters. The van der Waals surface area contributed by atoms with Gasteiger partial charge in [0.1, 0.15) is 5.69 Å². The molecule has 3 aromatic rings. The SMILES string of the molecule is Br.Nc1nc(-c2ccc3ccccc3n2)cs1. The van der Waals surface area contributed by atoms with Crippen LogP contribution < -0.4 is 5.73 Å². The Bertz CT molecular complexity index is 651. The van der Waals surface area contributed by atoms with E-state index in [1.54, 1.807) is 0 Å². The summed E-state index contributed by atoms with van der Waals surface area (Å²) < 4.78 is 0. The van der Waals surface area contributed by atoms with Gasteiger partial charge in [-0.25, -0.2) is 9.97 Å². The molecular weight excluding hydrogens is 298 g/mol. The third-order valence-electron chi connectivity index (χ3n) is 2.38. The van der Waals surface area contributed by atoms with Gasteiger partial charge in [-0.15, -0.1) is 28.3 Å². The lowest BCUT2D eigenvalue weighted by atomic mass is 10.2. The van der Waals surface area contributed by atoms with Crippen LogP contribution in [0.4, 0.5) is 5.13 Å². The molecule has 0 spiro atoms. The Hall–Kier alpha value is -1.46. The van der Waals surface area contributed by atoms with E-state index in [1.165, 1.54) is 11.3 Å². The minimum atomic E-state index is 0. The molecule has 3 rings (SSSR count). The molecule has 2 N–H and O–H groups in total. The lowest BCUT2D eigenvalue weighted by Gasteiger charge is -1.99. The number of thiazole rings is 1. The number of hydrogen-bond acceptors (Lipinski definition) is 4. The first-order chi connectivity index (χ1) is 7.83.